The Bertz CT molecular complexity index is 633. The molecule has 1 saturated heterocycles. The largest absolute Gasteiger partial charge is 0.348 e. The molecule has 25 heavy (non-hydrogen) atoms. The number of benzene rings is 1. The van der Waals surface area contributed by atoms with E-state index in [1.54, 1.807) is 6.08 Å². The van der Waals surface area contributed by atoms with E-state index in [4.69, 9.17) is 0 Å². The Hall–Kier alpha value is -2.14. The Morgan fingerprint density at radius 3 is 2.56 bits per heavy atom. The van der Waals surface area contributed by atoms with Crippen LogP contribution < -0.4 is 5.32 Å². The van der Waals surface area contributed by atoms with Crippen LogP contribution >= 0.6 is 0 Å². The van der Waals surface area contributed by atoms with Gasteiger partial charge in [-0.15, -0.1) is 0 Å². The molecular weight excluding hydrogens is 314 g/mol. The average molecular weight is 343 g/mol. The zero-order chi connectivity index (χ0) is 18.4. The molecule has 0 aromatic heterocycles. The SMILES string of the molecule is CC(C)=CC(=O)NCc1ccc(C(=O)N(C)[C@H]2CCCN(C)C2)cc1. The van der Waals surface area contributed by atoms with Gasteiger partial charge in [-0.05, 0) is 58.0 Å². The van der Waals surface area contributed by atoms with Crippen molar-refractivity contribution in [3.05, 3.63) is 47.0 Å². The van der Waals surface area contributed by atoms with Crippen LogP contribution in [0, 0.1) is 0 Å². The summed E-state index contributed by atoms with van der Waals surface area (Å²) in [5, 5.41) is 2.84. The number of likely N-dealkylation sites (tertiary alicyclic amines) is 1. The molecule has 1 aliphatic heterocycles. The smallest absolute Gasteiger partial charge is 0.253 e. The summed E-state index contributed by atoms with van der Waals surface area (Å²) in [5.74, 6) is -0.0401. The fourth-order valence-corrected chi connectivity index (χ4v) is 3.09. The number of likely N-dealkylation sites (N-methyl/N-ethyl adjacent to an activating group) is 2. The number of hydrogen-bond acceptors (Lipinski definition) is 3. The Morgan fingerprint density at radius 2 is 1.96 bits per heavy atom. The number of carbonyl (C=O) groups excluding carboxylic acids is 2. The second-order valence-electron chi connectivity index (χ2n) is 7.11. The Kier molecular flexibility index (Phi) is 6.76. The Morgan fingerprint density at radius 1 is 1.28 bits per heavy atom. The lowest BCUT2D eigenvalue weighted by molar-refractivity contribution is -0.116. The second kappa shape index (κ2) is 8.81. The number of hydrogen-bond donors (Lipinski definition) is 1. The summed E-state index contributed by atoms with van der Waals surface area (Å²) in [7, 11) is 3.99. The van der Waals surface area contributed by atoms with Crippen LogP contribution in [0.2, 0.25) is 0 Å². The lowest BCUT2D eigenvalue weighted by atomic mass is 10.0. The van der Waals surface area contributed by atoms with Crippen molar-refractivity contribution in [2.24, 2.45) is 0 Å². The van der Waals surface area contributed by atoms with E-state index in [0.29, 0.717) is 12.1 Å². The van der Waals surface area contributed by atoms with Crippen molar-refractivity contribution in [2.75, 3.05) is 27.2 Å². The molecule has 0 saturated carbocycles. The van der Waals surface area contributed by atoms with Gasteiger partial charge in [-0.3, -0.25) is 9.59 Å². The number of carbonyl (C=O) groups is 2. The number of allylic oxidation sites excluding steroid dienone is 1. The van der Waals surface area contributed by atoms with Gasteiger partial charge in [-0.25, -0.2) is 0 Å². The van der Waals surface area contributed by atoms with E-state index in [1.807, 2.05) is 50.1 Å². The zero-order valence-electron chi connectivity index (χ0n) is 15.7. The third-order valence-electron chi connectivity index (χ3n) is 4.56. The maximum absolute atomic E-state index is 12.7. The minimum Gasteiger partial charge on any atom is -0.348 e. The van der Waals surface area contributed by atoms with Gasteiger partial charge in [0.15, 0.2) is 0 Å². The van der Waals surface area contributed by atoms with E-state index >= 15 is 0 Å². The van der Waals surface area contributed by atoms with E-state index in [2.05, 4.69) is 17.3 Å². The molecule has 5 heteroatoms. The van der Waals surface area contributed by atoms with Crippen LogP contribution in [0.4, 0.5) is 0 Å². The van der Waals surface area contributed by atoms with Crippen molar-refractivity contribution >= 4 is 11.8 Å². The summed E-state index contributed by atoms with van der Waals surface area (Å²) < 4.78 is 0. The number of piperidine rings is 1. The Balaban J connectivity index is 1.93. The summed E-state index contributed by atoms with van der Waals surface area (Å²) in [4.78, 5) is 28.5. The molecule has 0 aliphatic carbocycles. The van der Waals surface area contributed by atoms with Gasteiger partial charge in [-0.2, -0.15) is 0 Å². The van der Waals surface area contributed by atoms with Crippen LogP contribution in [0.15, 0.2) is 35.9 Å². The summed E-state index contributed by atoms with van der Waals surface area (Å²) in [6, 6.07) is 7.75. The van der Waals surface area contributed by atoms with Gasteiger partial charge in [0.2, 0.25) is 5.91 Å². The predicted molar refractivity (Wildman–Crippen MR) is 100 cm³/mol. The molecule has 5 nitrogen and oxygen atoms in total. The first-order valence-corrected chi connectivity index (χ1v) is 8.84. The number of nitrogens with one attached hydrogen (secondary N) is 1. The molecular formula is C20H29N3O2. The van der Waals surface area contributed by atoms with Gasteiger partial charge >= 0.3 is 0 Å². The van der Waals surface area contributed by atoms with Gasteiger partial charge in [0.05, 0.1) is 0 Å². The summed E-state index contributed by atoms with van der Waals surface area (Å²) in [6.07, 6.45) is 3.76. The summed E-state index contributed by atoms with van der Waals surface area (Å²) in [5.41, 5.74) is 2.64. The molecule has 0 radical (unpaired) electrons. The van der Waals surface area contributed by atoms with Crippen molar-refractivity contribution in [3.63, 3.8) is 0 Å². The highest BCUT2D eigenvalue weighted by atomic mass is 16.2. The first kappa shape index (κ1) is 19.2. The second-order valence-corrected chi connectivity index (χ2v) is 7.11. The zero-order valence-corrected chi connectivity index (χ0v) is 15.7. The highest BCUT2D eigenvalue weighted by Crippen LogP contribution is 2.16. The topological polar surface area (TPSA) is 52.7 Å². The van der Waals surface area contributed by atoms with Gasteiger partial charge in [0, 0.05) is 37.8 Å². The quantitative estimate of drug-likeness (QED) is 0.836. The maximum atomic E-state index is 12.7. The molecule has 1 atom stereocenters. The summed E-state index contributed by atoms with van der Waals surface area (Å²) in [6.45, 7) is 6.27. The molecule has 1 aromatic carbocycles. The van der Waals surface area contributed by atoms with Crippen molar-refractivity contribution in [1.82, 2.24) is 15.1 Å². The fraction of sp³-hybridized carbons (Fsp3) is 0.500. The number of nitrogens with zero attached hydrogens (tertiary/aromatic N) is 2. The molecule has 1 aromatic rings. The van der Waals surface area contributed by atoms with Crippen LogP contribution in [-0.2, 0) is 11.3 Å². The van der Waals surface area contributed by atoms with E-state index < -0.39 is 0 Å². The first-order chi connectivity index (χ1) is 11.9. The molecule has 1 fully saturated rings. The van der Waals surface area contributed by atoms with Gasteiger partial charge < -0.3 is 15.1 Å². The van der Waals surface area contributed by atoms with Crippen LogP contribution in [0.5, 0.6) is 0 Å². The van der Waals surface area contributed by atoms with Crippen LogP contribution in [0.25, 0.3) is 0 Å². The minimum atomic E-state index is -0.0960. The first-order valence-electron chi connectivity index (χ1n) is 8.84. The van der Waals surface area contributed by atoms with E-state index in [9.17, 15) is 9.59 Å². The van der Waals surface area contributed by atoms with E-state index in [-0.39, 0.29) is 17.9 Å². The van der Waals surface area contributed by atoms with Crippen LogP contribution in [-0.4, -0.2) is 54.8 Å². The molecule has 2 rings (SSSR count). The predicted octanol–water partition coefficient (Wildman–Crippen LogP) is 2.44. The average Bonchev–Trinajstić information content (AvgIpc) is 2.58. The fourth-order valence-electron chi connectivity index (χ4n) is 3.09. The van der Waals surface area contributed by atoms with Gasteiger partial charge in [0.1, 0.15) is 0 Å². The lowest BCUT2D eigenvalue weighted by Crippen LogP contribution is -2.47. The van der Waals surface area contributed by atoms with Crippen molar-refractivity contribution in [2.45, 2.75) is 39.3 Å². The molecule has 2 amide bonds. The molecule has 1 heterocycles. The van der Waals surface area contributed by atoms with Crippen molar-refractivity contribution in [3.8, 4) is 0 Å². The maximum Gasteiger partial charge on any atom is 0.253 e. The number of amides is 2. The Labute approximate surface area is 150 Å². The molecule has 1 aliphatic rings. The normalized spacial score (nSPS) is 17.7. The van der Waals surface area contributed by atoms with Crippen LogP contribution in [0.1, 0.15) is 42.6 Å². The molecule has 0 unspecified atom stereocenters. The minimum absolute atomic E-state index is 0.0560. The molecule has 0 spiro atoms. The highest BCUT2D eigenvalue weighted by molar-refractivity contribution is 5.94. The van der Waals surface area contributed by atoms with Crippen molar-refractivity contribution in [1.29, 1.82) is 0 Å². The van der Waals surface area contributed by atoms with Gasteiger partial charge in [-0.1, -0.05) is 17.7 Å². The van der Waals surface area contributed by atoms with E-state index in [1.165, 1.54) is 0 Å². The van der Waals surface area contributed by atoms with Gasteiger partial charge in [0.25, 0.3) is 5.91 Å². The lowest BCUT2D eigenvalue weighted by Gasteiger charge is -2.35. The third-order valence-corrected chi connectivity index (χ3v) is 4.56. The third kappa shape index (κ3) is 5.71. The van der Waals surface area contributed by atoms with E-state index in [0.717, 1.165) is 37.1 Å². The molecule has 136 valence electrons. The standard InChI is InChI=1S/C20H29N3O2/c1-15(2)12-19(24)21-13-16-7-9-17(10-8-16)20(25)23(4)18-6-5-11-22(3)14-18/h7-10,12,18H,5-6,11,13-14H2,1-4H3,(H,21,24)/t18-/m0/s1. The highest BCUT2D eigenvalue weighted by Gasteiger charge is 2.25. The summed E-state index contributed by atoms with van der Waals surface area (Å²) >= 11 is 0. The number of rotatable bonds is 5. The molecule has 0 bridgehead atoms. The van der Waals surface area contributed by atoms with Crippen LogP contribution in [0.3, 0.4) is 0 Å². The monoisotopic (exact) mass is 343 g/mol. The van der Waals surface area contributed by atoms with Crippen molar-refractivity contribution < 1.29 is 9.59 Å². The molecule has 1 N–H and O–H groups in total.